The summed E-state index contributed by atoms with van der Waals surface area (Å²) in [5.74, 6) is 0.419. The van der Waals surface area contributed by atoms with Crippen LogP contribution in [0.5, 0.6) is 0 Å². The molecule has 0 aromatic heterocycles. The molecule has 5 nitrogen and oxygen atoms in total. The first-order chi connectivity index (χ1) is 12.9. The van der Waals surface area contributed by atoms with Gasteiger partial charge in [0, 0.05) is 12.8 Å². The third-order valence-corrected chi connectivity index (χ3v) is 6.28. The van der Waals surface area contributed by atoms with Gasteiger partial charge in [-0.1, -0.05) is 41.0 Å². The molecular weight excluding hydrogens is 354 g/mol. The fourth-order valence-electron chi connectivity index (χ4n) is 5.43. The van der Waals surface area contributed by atoms with Crippen molar-refractivity contribution in [2.75, 3.05) is 0 Å². The van der Waals surface area contributed by atoms with E-state index in [2.05, 4.69) is 27.7 Å². The van der Waals surface area contributed by atoms with Crippen molar-refractivity contribution in [3.8, 4) is 6.07 Å². The minimum absolute atomic E-state index is 0.00624. The molecule has 162 valence electrons. The third-order valence-electron chi connectivity index (χ3n) is 6.28. The quantitative estimate of drug-likeness (QED) is 0.690. The van der Waals surface area contributed by atoms with Crippen LogP contribution in [-0.2, 0) is 14.3 Å². The number of carbonyl (C=O) groups excluding carboxylic acids is 1. The average Bonchev–Trinajstić information content (AvgIpc) is 2.85. The second-order valence-corrected chi connectivity index (χ2v) is 9.71. The molecule has 2 aliphatic heterocycles. The van der Waals surface area contributed by atoms with Crippen molar-refractivity contribution < 1.29 is 19.4 Å². The topological polar surface area (TPSA) is 79.5 Å². The predicted molar refractivity (Wildman–Crippen MR) is 110 cm³/mol. The van der Waals surface area contributed by atoms with Gasteiger partial charge in [-0.3, -0.25) is 4.79 Å². The van der Waals surface area contributed by atoms with Crippen molar-refractivity contribution in [3.05, 3.63) is 0 Å². The van der Waals surface area contributed by atoms with E-state index >= 15 is 0 Å². The van der Waals surface area contributed by atoms with Crippen LogP contribution in [0.3, 0.4) is 0 Å². The number of nitriles is 1. The van der Waals surface area contributed by atoms with Crippen molar-refractivity contribution in [2.24, 2.45) is 23.7 Å². The van der Waals surface area contributed by atoms with Gasteiger partial charge < -0.3 is 14.6 Å². The van der Waals surface area contributed by atoms with Gasteiger partial charge in [0.25, 0.3) is 0 Å². The van der Waals surface area contributed by atoms with Crippen LogP contribution >= 0.6 is 0 Å². The third kappa shape index (κ3) is 6.19. The molecule has 28 heavy (non-hydrogen) atoms. The monoisotopic (exact) mass is 395 g/mol. The van der Waals surface area contributed by atoms with Crippen molar-refractivity contribution in [3.63, 3.8) is 0 Å². The number of cyclic esters (lactones) is 1. The Hall–Kier alpha value is -1.12. The molecule has 5 heteroatoms. The number of fused-ring (bicyclic) bond motifs is 2. The molecule has 2 rings (SSSR count). The minimum Gasteiger partial charge on any atom is -0.459 e. The number of aliphatic hydroxyl groups is 1. The van der Waals surface area contributed by atoms with Crippen LogP contribution in [0.25, 0.3) is 0 Å². The summed E-state index contributed by atoms with van der Waals surface area (Å²) >= 11 is 0. The Morgan fingerprint density at radius 2 is 1.86 bits per heavy atom. The van der Waals surface area contributed by atoms with Gasteiger partial charge in [-0.15, -0.1) is 0 Å². The maximum Gasteiger partial charge on any atom is 0.309 e. The second-order valence-electron chi connectivity index (χ2n) is 9.71. The van der Waals surface area contributed by atoms with Gasteiger partial charge in [0.2, 0.25) is 0 Å². The number of rotatable bonds is 3. The van der Waals surface area contributed by atoms with Crippen molar-refractivity contribution in [2.45, 2.75) is 111 Å². The van der Waals surface area contributed by atoms with E-state index in [9.17, 15) is 9.90 Å². The molecule has 0 spiro atoms. The lowest BCUT2D eigenvalue weighted by Crippen LogP contribution is -2.50. The molecule has 0 radical (unpaired) electrons. The molecule has 2 heterocycles. The second kappa shape index (κ2) is 10.1. The molecule has 2 aliphatic rings. The highest BCUT2D eigenvalue weighted by molar-refractivity contribution is 5.72. The van der Waals surface area contributed by atoms with Gasteiger partial charge in [0.05, 0.1) is 29.3 Å². The van der Waals surface area contributed by atoms with E-state index in [4.69, 9.17) is 14.7 Å². The summed E-state index contributed by atoms with van der Waals surface area (Å²) < 4.78 is 12.5. The van der Waals surface area contributed by atoms with Crippen LogP contribution in [0.2, 0.25) is 0 Å². The smallest absolute Gasteiger partial charge is 0.309 e. The highest BCUT2D eigenvalue weighted by atomic mass is 16.6. The zero-order chi connectivity index (χ0) is 21.7. The lowest BCUT2D eigenvalue weighted by Gasteiger charge is -2.39. The molecule has 1 N–H and O–H groups in total. The minimum atomic E-state index is -1.04. The van der Waals surface area contributed by atoms with E-state index in [-0.39, 0.29) is 29.5 Å². The Morgan fingerprint density at radius 3 is 2.39 bits per heavy atom. The number of ether oxygens (including phenoxy) is 2. The van der Waals surface area contributed by atoms with Crippen LogP contribution in [-0.4, -0.2) is 34.5 Å². The highest BCUT2D eigenvalue weighted by Crippen LogP contribution is 2.45. The van der Waals surface area contributed by atoms with E-state index in [1.165, 1.54) is 6.92 Å². The van der Waals surface area contributed by atoms with Gasteiger partial charge >= 0.3 is 5.97 Å². The summed E-state index contributed by atoms with van der Waals surface area (Å²) in [5, 5.41) is 18.4. The summed E-state index contributed by atoms with van der Waals surface area (Å²) in [5.41, 5.74) is -1.18. The molecule has 3 unspecified atom stereocenters. The Bertz CT molecular complexity index is 555. The molecule has 0 saturated carbocycles. The molecule has 0 amide bonds. The Kier molecular flexibility index (Phi) is 8.96. The standard InChI is InChI=1S/C21H38O4.C2H3N/c1-8-9-21(7,23)18-16(5)17-15(4)12-20(6,25-17)11-13(2)10-14(3)19(22)24-18;1-2-3/h13-18,23H,8-12H2,1-7H3;1H3/t13-,14+,15?,16-,17?,18+,20?,21+;/m0./s1. The number of hydrogen-bond donors (Lipinski definition) is 1. The maximum absolute atomic E-state index is 12.7. The SMILES string of the molecule is CC#N.CCC[C@@](C)(O)[C@@H]1OC(=O)[C@H](C)C[C@H](C)CC2(C)CC(C)C(O2)[C@@H]1C. The lowest BCUT2D eigenvalue weighted by molar-refractivity contribution is -0.184. The van der Waals surface area contributed by atoms with Crippen LogP contribution in [0.4, 0.5) is 0 Å². The molecule has 0 aromatic rings. The lowest BCUT2D eigenvalue weighted by atomic mass is 9.78. The first-order valence-electron chi connectivity index (χ1n) is 10.8. The number of nitrogens with zero attached hydrogens (tertiary/aromatic N) is 1. The fraction of sp³-hybridized carbons (Fsp3) is 0.913. The zero-order valence-corrected chi connectivity index (χ0v) is 19.1. The van der Waals surface area contributed by atoms with Crippen molar-refractivity contribution in [1.82, 2.24) is 0 Å². The zero-order valence-electron chi connectivity index (χ0n) is 19.1. The fourth-order valence-corrected chi connectivity index (χ4v) is 5.43. The maximum atomic E-state index is 12.7. The largest absolute Gasteiger partial charge is 0.459 e. The molecule has 8 atom stereocenters. The van der Waals surface area contributed by atoms with Gasteiger partial charge in [-0.05, 0) is 51.4 Å². The molecule has 2 saturated heterocycles. The van der Waals surface area contributed by atoms with Crippen LogP contribution in [0, 0.1) is 35.0 Å². The van der Waals surface area contributed by atoms with E-state index in [1.54, 1.807) is 13.0 Å². The molecule has 0 aromatic carbocycles. The summed E-state index contributed by atoms with van der Waals surface area (Å²) in [4.78, 5) is 12.7. The Balaban J connectivity index is 0.00000122. The van der Waals surface area contributed by atoms with Crippen molar-refractivity contribution in [1.29, 1.82) is 5.26 Å². The van der Waals surface area contributed by atoms with E-state index < -0.39 is 11.7 Å². The summed E-state index contributed by atoms with van der Waals surface area (Å²) in [6, 6.07) is 1.75. The molecule has 2 fully saturated rings. The number of hydrogen-bond acceptors (Lipinski definition) is 5. The highest BCUT2D eigenvalue weighted by Gasteiger charge is 2.50. The van der Waals surface area contributed by atoms with Gasteiger partial charge in [-0.25, -0.2) is 0 Å². The molecular formula is C23H41NO4. The first-order valence-corrected chi connectivity index (χ1v) is 10.8. The van der Waals surface area contributed by atoms with E-state index in [0.29, 0.717) is 18.3 Å². The van der Waals surface area contributed by atoms with Gasteiger partial charge in [-0.2, -0.15) is 5.26 Å². The van der Waals surface area contributed by atoms with E-state index in [1.807, 2.05) is 13.8 Å². The average molecular weight is 396 g/mol. The van der Waals surface area contributed by atoms with Gasteiger partial charge in [0.1, 0.15) is 6.10 Å². The number of esters is 1. The Morgan fingerprint density at radius 1 is 1.29 bits per heavy atom. The van der Waals surface area contributed by atoms with Crippen LogP contribution in [0.1, 0.15) is 87.5 Å². The van der Waals surface area contributed by atoms with E-state index in [0.717, 1.165) is 25.7 Å². The van der Waals surface area contributed by atoms with Gasteiger partial charge in [0.15, 0.2) is 0 Å². The van der Waals surface area contributed by atoms with Crippen LogP contribution < -0.4 is 0 Å². The Labute approximate surface area is 171 Å². The predicted octanol–water partition coefficient (Wildman–Crippen LogP) is 4.86. The summed E-state index contributed by atoms with van der Waals surface area (Å²) in [6.07, 6.45) is 3.72. The first kappa shape index (κ1) is 24.9. The normalized spacial score (nSPS) is 40.8. The molecule has 0 aliphatic carbocycles. The summed E-state index contributed by atoms with van der Waals surface area (Å²) in [7, 11) is 0. The number of carbonyl (C=O) groups is 1. The van der Waals surface area contributed by atoms with Crippen LogP contribution in [0.15, 0.2) is 0 Å². The summed E-state index contributed by atoms with van der Waals surface area (Å²) in [6.45, 7) is 15.9. The van der Waals surface area contributed by atoms with Crippen molar-refractivity contribution >= 4 is 5.97 Å². The molecule has 2 bridgehead atoms.